The van der Waals surface area contributed by atoms with Gasteiger partial charge in [0.2, 0.25) is 5.91 Å². The van der Waals surface area contributed by atoms with E-state index >= 15 is 0 Å². The van der Waals surface area contributed by atoms with E-state index in [1.807, 2.05) is 30.9 Å². The number of imide groups is 1. The maximum absolute atomic E-state index is 12.8. The van der Waals surface area contributed by atoms with Crippen molar-refractivity contribution in [1.82, 2.24) is 29.5 Å². The second kappa shape index (κ2) is 9.28. The van der Waals surface area contributed by atoms with Gasteiger partial charge in [0, 0.05) is 50.9 Å². The third kappa shape index (κ3) is 4.39. The van der Waals surface area contributed by atoms with Crippen LogP contribution in [0.25, 0.3) is 5.82 Å². The molecule has 1 fully saturated rings. The second-order valence-electron chi connectivity index (χ2n) is 8.85. The fourth-order valence-electron chi connectivity index (χ4n) is 4.66. The van der Waals surface area contributed by atoms with Crippen LogP contribution in [0.5, 0.6) is 0 Å². The number of carbonyl (C=O) groups excluding carboxylic acids is 3. The zero-order valence-electron chi connectivity index (χ0n) is 19.8. The summed E-state index contributed by atoms with van der Waals surface area (Å²) < 4.78 is 1.80. The Morgan fingerprint density at radius 1 is 0.914 bits per heavy atom. The van der Waals surface area contributed by atoms with Crippen molar-refractivity contribution < 1.29 is 14.4 Å². The number of piperazine rings is 1. The van der Waals surface area contributed by atoms with Crippen LogP contribution in [0.4, 0.5) is 5.82 Å². The largest absolute Gasteiger partial charge is 0.353 e. The molecule has 0 radical (unpaired) electrons. The number of benzene rings is 1. The van der Waals surface area contributed by atoms with Crippen LogP contribution in [0, 0.1) is 13.8 Å². The Balaban J connectivity index is 1.13. The number of hydrogen-bond donors (Lipinski definition) is 0. The van der Waals surface area contributed by atoms with Crippen molar-refractivity contribution >= 4 is 23.5 Å². The normalized spacial score (nSPS) is 15.7. The number of aryl methyl sites for hydroxylation is 2. The predicted octanol–water partition coefficient (Wildman–Crippen LogP) is 2.00. The summed E-state index contributed by atoms with van der Waals surface area (Å²) >= 11 is 0. The number of anilines is 1. The molecule has 2 aromatic heterocycles. The van der Waals surface area contributed by atoms with Crippen molar-refractivity contribution in [2.45, 2.75) is 26.7 Å². The van der Waals surface area contributed by atoms with Crippen LogP contribution in [0.15, 0.2) is 42.7 Å². The molecule has 0 aliphatic carbocycles. The molecular formula is C25H27N7O3. The molecule has 0 N–H and O–H groups in total. The first-order valence-electron chi connectivity index (χ1n) is 11.8. The summed E-state index contributed by atoms with van der Waals surface area (Å²) in [6, 6.07) is 10.7. The Bertz CT molecular complexity index is 1260. The van der Waals surface area contributed by atoms with E-state index in [2.05, 4.69) is 20.0 Å². The molecular weight excluding hydrogens is 446 g/mol. The lowest BCUT2D eigenvalue weighted by atomic mass is 10.1. The van der Waals surface area contributed by atoms with Crippen LogP contribution in [-0.2, 0) is 4.79 Å². The number of fused-ring (bicyclic) bond motifs is 1. The van der Waals surface area contributed by atoms with Gasteiger partial charge in [-0.3, -0.25) is 19.3 Å². The number of nitrogens with zero attached hydrogens (tertiary/aromatic N) is 7. The Hall–Kier alpha value is -4.08. The van der Waals surface area contributed by atoms with Gasteiger partial charge in [0.15, 0.2) is 5.82 Å². The van der Waals surface area contributed by atoms with E-state index in [9.17, 15) is 14.4 Å². The minimum atomic E-state index is -0.281. The van der Waals surface area contributed by atoms with Gasteiger partial charge in [-0.25, -0.2) is 14.6 Å². The molecule has 0 saturated carbocycles. The molecule has 3 amide bonds. The lowest BCUT2D eigenvalue weighted by Crippen LogP contribution is -2.49. The Labute approximate surface area is 203 Å². The first-order valence-corrected chi connectivity index (χ1v) is 11.8. The third-order valence-corrected chi connectivity index (χ3v) is 6.47. The van der Waals surface area contributed by atoms with E-state index in [-0.39, 0.29) is 24.3 Å². The first-order chi connectivity index (χ1) is 16.9. The Morgan fingerprint density at radius 3 is 2.20 bits per heavy atom. The summed E-state index contributed by atoms with van der Waals surface area (Å²) in [4.78, 5) is 51.7. The molecule has 4 heterocycles. The van der Waals surface area contributed by atoms with Gasteiger partial charge in [0.1, 0.15) is 12.1 Å². The van der Waals surface area contributed by atoms with Gasteiger partial charge in [0.25, 0.3) is 11.8 Å². The summed E-state index contributed by atoms with van der Waals surface area (Å²) in [5.74, 6) is 0.993. The van der Waals surface area contributed by atoms with Crippen molar-refractivity contribution in [3.05, 3.63) is 65.2 Å². The highest BCUT2D eigenvalue weighted by atomic mass is 16.2. The molecule has 0 unspecified atom stereocenters. The summed E-state index contributed by atoms with van der Waals surface area (Å²) in [5, 5.41) is 4.49. The van der Waals surface area contributed by atoms with Gasteiger partial charge >= 0.3 is 0 Å². The monoisotopic (exact) mass is 473 g/mol. The zero-order valence-corrected chi connectivity index (χ0v) is 19.8. The SMILES string of the molecule is Cc1cc(C)n(-c2cc(N3CCN(C(=O)CCCN4C(=O)c5ccccc5C4=O)CC3)ncn2)n1. The van der Waals surface area contributed by atoms with E-state index in [0.29, 0.717) is 56.0 Å². The fraction of sp³-hybridized carbons (Fsp3) is 0.360. The van der Waals surface area contributed by atoms with Crippen molar-refractivity contribution in [3.8, 4) is 5.82 Å². The maximum Gasteiger partial charge on any atom is 0.261 e. The molecule has 1 saturated heterocycles. The molecule has 10 nitrogen and oxygen atoms in total. The van der Waals surface area contributed by atoms with Gasteiger partial charge in [-0.1, -0.05) is 12.1 Å². The molecule has 1 aromatic carbocycles. The topological polar surface area (TPSA) is 105 Å². The lowest BCUT2D eigenvalue weighted by Gasteiger charge is -2.35. The van der Waals surface area contributed by atoms with Crippen LogP contribution in [0.3, 0.4) is 0 Å². The molecule has 0 bridgehead atoms. The van der Waals surface area contributed by atoms with Gasteiger partial charge in [-0.05, 0) is 38.5 Å². The summed E-state index contributed by atoms with van der Waals surface area (Å²) in [6.07, 6.45) is 2.28. The zero-order chi connectivity index (χ0) is 24.5. The average Bonchev–Trinajstić information content (AvgIpc) is 3.34. The number of aromatic nitrogens is 4. The van der Waals surface area contributed by atoms with E-state index in [0.717, 1.165) is 17.2 Å². The molecule has 5 rings (SSSR count). The molecule has 35 heavy (non-hydrogen) atoms. The summed E-state index contributed by atoms with van der Waals surface area (Å²) in [5.41, 5.74) is 2.80. The molecule has 2 aliphatic rings. The van der Waals surface area contributed by atoms with Crippen LogP contribution in [0.2, 0.25) is 0 Å². The van der Waals surface area contributed by atoms with Crippen molar-refractivity contribution in [1.29, 1.82) is 0 Å². The van der Waals surface area contributed by atoms with Crippen molar-refractivity contribution in [2.75, 3.05) is 37.6 Å². The summed E-state index contributed by atoms with van der Waals surface area (Å²) in [7, 11) is 0. The van der Waals surface area contributed by atoms with E-state index in [4.69, 9.17) is 0 Å². The van der Waals surface area contributed by atoms with Gasteiger partial charge < -0.3 is 9.80 Å². The Morgan fingerprint density at radius 2 is 1.57 bits per heavy atom. The number of hydrogen-bond acceptors (Lipinski definition) is 7. The van der Waals surface area contributed by atoms with Crippen LogP contribution in [-0.4, -0.2) is 80.0 Å². The van der Waals surface area contributed by atoms with Gasteiger partial charge in [-0.15, -0.1) is 0 Å². The maximum atomic E-state index is 12.8. The molecule has 0 spiro atoms. The van der Waals surface area contributed by atoms with E-state index in [1.54, 1.807) is 28.9 Å². The Kier molecular flexibility index (Phi) is 6.02. The first kappa shape index (κ1) is 22.7. The second-order valence-corrected chi connectivity index (χ2v) is 8.85. The third-order valence-electron chi connectivity index (χ3n) is 6.47. The highest BCUT2D eigenvalue weighted by molar-refractivity contribution is 6.21. The van der Waals surface area contributed by atoms with Crippen molar-refractivity contribution in [3.63, 3.8) is 0 Å². The molecule has 0 atom stereocenters. The molecule has 180 valence electrons. The van der Waals surface area contributed by atoms with Gasteiger partial charge in [-0.2, -0.15) is 5.10 Å². The minimum Gasteiger partial charge on any atom is -0.353 e. The standard InChI is InChI=1S/C25H27N7O3/c1-17-14-18(2)32(28-17)22-15-21(26-16-27-22)29-10-12-30(13-11-29)23(33)8-5-9-31-24(34)19-6-3-4-7-20(19)25(31)35/h3-4,6-7,14-16H,5,8-13H2,1-2H3. The minimum absolute atomic E-state index is 0.0345. The highest BCUT2D eigenvalue weighted by Gasteiger charge is 2.34. The number of rotatable bonds is 6. The van der Waals surface area contributed by atoms with E-state index in [1.165, 1.54) is 11.2 Å². The number of amides is 3. The number of carbonyl (C=O) groups is 3. The molecule has 2 aliphatic heterocycles. The quantitative estimate of drug-likeness (QED) is 0.504. The van der Waals surface area contributed by atoms with E-state index < -0.39 is 0 Å². The van der Waals surface area contributed by atoms with Gasteiger partial charge in [0.05, 0.1) is 16.8 Å². The van der Waals surface area contributed by atoms with Crippen molar-refractivity contribution in [2.24, 2.45) is 0 Å². The fourth-order valence-corrected chi connectivity index (χ4v) is 4.66. The highest BCUT2D eigenvalue weighted by Crippen LogP contribution is 2.23. The predicted molar refractivity (Wildman–Crippen MR) is 128 cm³/mol. The van der Waals surface area contributed by atoms with Crippen LogP contribution >= 0.6 is 0 Å². The molecule has 10 heteroatoms. The van der Waals surface area contributed by atoms with Crippen LogP contribution < -0.4 is 4.90 Å². The lowest BCUT2D eigenvalue weighted by molar-refractivity contribution is -0.131. The smallest absolute Gasteiger partial charge is 0.261 e. The summed E-state index contributed by atoms with van der Waals surface area (Å²) in [6.45, 7) is 6.68. The van der Waals surface area contributed by atoms with Crippen LogP contribution in [0.1, 0.15) is 44.9 Å². The molecule has 3 aromatic rings. The average molecular weight is 474 g/mol.